The van der Waals surface area contributed by atoms with Crippen LogP contribution in [-0.2, 0) is 0 Å². The van der Waals surface area contributed by atoms with Gasteiger partial charge in [-0.1, -0.05) is 6.08 Å². The second-order valence-corrected chi connectivity index (χ2v) is 4.84. The van der Waals surface area contributed by atoms with Gasteiger partial charge in [0, 0.05) is 25.1 Å². The number of hydrogen-bond acceptors (Lipinski definition) is 3. The van der Waals surface area contributed by atoms with Gasteiger partial charge >= 0.3 is 0 Å². The van der Waals surface area contributed by atoms with Crippen LogP contribution < -0.4 is 4.74 Å². The van der Waals surface area contributed by atoms with E-state index in [9.17, 15) is 4.79 Å². The average Bonchev–Trinajstić information content (AvgIpc) is 2.48. The van der Waals surface area contributed by atoms with Crippen LogP contribution in [0.5, 0.6) is 5.75 Å². The lowest BCUT2D eigenvalue weighted by Crippen LogP contribution is -2.24. The maximum Gasteiger partial charge on any atom is 0.166 e. The van der Waals surface area contributed by atoms with Crippen molar-refractivity contribution in [2.75, 3.05) is 20.2 Å². The monoisotopic (exact) mass is 259 g/mol. The molecule has 0 amide bonds. The second kappa shape index (κ2) is 6.98. The van der Waals surface area contributed by atoms with Gasteiger partial charge in [-0.05, 0) is 49.7 Å². The van der Waals surface area contributed by atoms with Gasteiger partial charge in [-0.15, -0.1) is 0 Å². The largest absolute Gasteiger partial charge is 0.497 e. The number of Topliss-reactive ketones (excluding diaryl/α,β-unsaturated/α-hetero) is 1. The van der Waals surface area contributed by atoms with Crippen LogP contribution in [0, 0.1) is 0 Å². The van der Waals surface area contributed by atoms with Crippen LogP contribution in [0.3, 0.4) is 0 Å². The lowest BCUT2D eigenvalue weighted by Gasteiger charge is -2.24. The van der Waals surface area contributed by atoms with Crippen molar-refractivity contribution in [3.05, 3.63) is 42.1 Å². The third-order valence-electron chi connectivity index (χ3n) is 3.42. The number of nitrogens with zero attached hydrogens (tertiary/aromatic N) is 1. The fourth-order valence-corrected chi connectivity index (χ4v) is 2.27. The Kier molecular flexibility index (Phi) is 5.01. The first-order valence-electron chi connectivity index (χ1n) is 6.87. The zero-order chi connectivity index (χ0) is 13.5. The van der Waals surface area contributed by atoms with Crippen molar-refractivity contribution < 1.29 is 9.53 Å². The Morgan fingerprint density at radius 3 is 2.53 bits per heavy atom. The Balaban J connectivity index is 1.84. The molecule has 0 aliphatic carbocycles. The predicted molar refractivity (Wildman–Crippen MR) is 76.5 cm³/mol. The molecule has 2 rings (SSSR count). The maximum atomic E-state index is 12.0. The van der Waals surface area contributed by atoms with E-state index in [0.717, 1.165) is 24.4 Å². The molecule has 102 valence electrons. The number of carbonyl (C=O) groups is 1. The van der Waals surface area contributed by atoms with Crippen molar-refractivity contribution in [1.82, 2.24) is 4.90 Å². The van der Waals surface area contributed by atoms with Gasteiger partial charge in [0.15, 0.2) is 5.78 Å². The molecule has 1 fully saturated rings. The van der Waals surface area contributed by atoms with Gasteiger partial charge in [-0.2, -0.15) is 0 Å². The van der Waals surface area contributed by atoms with E-state index in [1.165, 1.54) is 19.3 Å². The van der Waals surface area contributed by atoms with Crippen molar-refractivity contribution in [2.45, 2.75) is 25.7 Å². The Morgan fingerprint density at radius 1 is 1.21 bits per heavy atom. The number of carbonyl (C=O) groups excluding carboxylic acids is 1. The first-order valence-corrected chi connectivity index (χ1v) is 6.87. The Labute approximate surface area is 114 Å². The number of methoxy groups -OCH3 is 1. The Bertz CT molecular complexity index is 431. The van der Waals surface area contributed by atoms with Gasteiger partial charge in [0.05, 0.1) is 7.11 Å². The van der Waals surface area contributed by atoms with Crippen LogP contribution >= 0.6 is 0 Å². The number of likely N-dealkylation sites (tertiary alicyclic amines) is 1. The van der Waals surface area contributed by atoms with Gasteiger partial charge in [0.2, 0.25) is 0 Å². The van der Waals surface area contributed by atoms with Gasteiger partial charge in [0.1, 0.15) is 5.75 Å². The number of rotatable bonds is 5. The van der Waals surface area contributed by atoms with Gasteiger partial charge in [0.25, 0.3) is 0 Å². The number of piperidine rings is 1. The lowest BCUT2D eigenvalue weighted by atomic mass is 10.1. The highest BCUT2D eigenvalue weighted by molar-refractivity contribution is 5.97. The fourth-order valence-electron chi connectivity index (χ4n) is 2.27. The molecule has 3 nitrogen and oxygen atoms in total. The van der Waals surface area contributed by atoms with Crippen LogP contribution in [0.4, 0.5) is 0 Å². The molecule has 0 spiro atoms. The summed E-state index contributed by atoms with van der Waals surface area (Å²) in [5.41, 5.74) is 0.740. The van der Waals surface area contributed by atoms with E-state index >= 15 is 0 Å². The van der Waals surface area contributed by atoms with Crippen LogP contribution in [0.25, 0.3) is 0 Å². The quantitative estimate of drug-likeness (QED) is 0.760. The Hall–Kier alpha value is -1.77. The zero-order valence-electron chi connectivity index (χ0n) is 11.5. The molecule has 1 aromatic carbocycles. The highest BCUT2D eigenvalue weighted by atomic mass is 16.5. The zero-order valence-corrected chi connectivity index (χ0v) is 11.5. The normalized spacial score (nSPS) is 15.7. The van der Waals surface area contributed by atoms with Crippen molar-refractivity contribution >= 4 is 5.78 Å². The van der Waals surface area contributed by atoms with Gasteiger partial charge in [-0.25, -0.2) is 0 Å². The SMILES string of the molecule is COc1ccc(C(=O)C/C=C/N2CCCCC2)cc1. The van der Waals surface area contributed by atoms with Crippen LogP contribution in [-0.4, -0.2) is 30.9 Å². The summed E-state index contributed by atoms with van der Waals surface area (Å²) in [7, 11) is 1.62. The molecular weight excluding hydrogens is 238 g/mol. The van der Waals surface area contributed by atoms with Crippen LogP contribution in [0.2, 0.25) is 0 Å². The molecule has 3 heteroatoms. The van der Waals surface area contributed by atoms with Crippen LogP contribution in [0.1, 0.15) is 36.0 Å². The van der Waals surface area contributed by atoms with E-state index in [4.69, 9.17) is 4.74 Å². The van der Waals surface area contributed by atoms with E-state index < -0.39 is 0 Å². The summed E-state index contributed by atoms with van der Waals surface area (Å²) in [6, 6.07) is 7.27. The van der Waals surface area contributed by atoms with E-state index in [0.29, 0.717) is 6.42 Å². The van der Waals surface area contributed by atoms with Gasteiger partial charge in [-0.3, -0.25) is 4.79 Å². The molecule has 1 saturated heterocycles. The van der Waals surface area contributed by atoms with Crippen molar-refractivity contribution in [3.63, 3.8) is 0 Å². The molecule has 0 bridgehead atoms. The number of ketones is 1. The summed E-state index contributed by atoms with van der Waals surface area (Å²) in [6.07, 6.45) is 8.35. The summed E-state index contributed by atoms with van der Waals surface area (Å²) >= 11 is 0. The summed E-state index contributed by atoms with van der Waals surface area (Å²) in [5, 5.41) is 0. The molecular formula is C16H21NO2. The molecule has 0 radical (unpaired) electrons. The molecule has 1 aliphatic heterocycles. The number of hydrogen-bond donors (Lipinski definition) is 0. The number of ether oxygens (including phenoxy) is 1. The Morgan fingerprint density at radius 2 is 1.89 bits per heavy atom. The predicted octanol–water partition coefficient (Wildman–Crippen LogP) is 3.27. The standard InChI is InChI=1S/C16H21NO2/c1-19-15-9-7-14(8-10-15)16(18)6-5-13-17-11-3-2-4-12-17/h5,7-10,13H,2-4,6,11-12H2,1H3/b13-5+. The summed E-state index contributed by atoms with van der Waals surface area (Å²) in [6.45, 7) is 2.24. The molecule has 0 aromatic heterocycles. The van der Waals surface area contributed by atoms with Crippen molar-refractivity contribution in [2.24, 2.45) is 0 Å². The summed E-state index contributed by atoms with van der Waals surface area (Å²) in [4.78, 5) is 14.3. The minimum Gasteiger partial charge on any atom is -0.497 e. The molecule has 0 saturated carbocycles. The number of benzene rings is 1. The minimum atomic E-state index is 0.149. The van der Waals surface area contributed by atoms with Crippen molar-refractivity contribution in [1.29, 1.82) is 0 Å². The molecule has 1 aromatic rings. The smallest absolute Gasteiger partial charge is 0.166 e. The first-order chi connectivity index (χ1) is 9.29. The third-order valence-corrected chi connectivity index (χ3v) is 3.42. The first kappa shape index (κ1) is 13.7. The van der Waals surface area contributed by atoms with E-state index in [1.54, 1.807) is 7.11 Å². The van der Waals surface area contributed by atoms with Gasteiger partial charge < -0.3 is 9.64 Å². The highest BCUT2D eigenvalue weighted by Crippen LogP contribution is 2.13. The van der Waals surface area contributed by atoms with Crippen molar-refractivity contribution in [3.8, 4) is 5.75 Å². The fraction of sp³-hybridized carbons (Fsp3) is 0.438. The topological polar surface area (TPSA) is 29.5 Å². The van der Waals surface area contributed by atoms with E-state index in [1.807, 2.05) is 30.3 Å². The van der Waals surface area contributed by atoms with Crippen LogP contribution in [0.15, 0.2) is 36.5 Å². The van der Waals surface area contributed by atoms with E-state index in [-0.39, 0.29) is 5.78 Å². The third kappa shape index (κ3) is 4.12. The second-order valence-electron chi connectivity index (χ2n) is 4.84. The summed E-state index contributed by atoms with van der Waals surface area (Å²) < 4.78 is 5.08. The molecule has 1 heterocycles. The van der Waals surface area contributed by atoms with E-state index in [2.05, 4.69) is 11.1 Å². The highest BCUT2D eigenvalue weighted by Gasteiger charge is 2.06. The maximum absolute atomic E-state index is 12.0. The molecule has 0 atom stereocenters. The molecule has 0 unspecified atom stereocenters. The lowest BCUT2D eigenvalue weighted by molar-refractivity contribution is 0.0995. The molecule has 0 N–H and O–H groups in total. The average molecular weight is 259 g/mol. The summed E-state index contributed by atoms with van der Waals surface area (Å²) in [5.74, 6) is 0.927. The molecule has 19 heavy (non-hydrogen) atoms. The number of allylic oxidation sites excluding steroid dienone is 1. The molecule has 1 aliphatic rings. The minimum absolute atomic E-state index is 0.149.